The van der Waals surface area contributed by atoms with E-state index in [-0.39, 0.29) is 31.2 Å². The highest BCUT2D eigenvalue weighted by molar-refractivity contribution is 8.39. The molecule has 48 heavy (non-hydrogen) atoms. The molecule has 0 aromatic carbocycles. The molecule has 1 saturated heterocycles. The monoisotopic (exact) mass is 747 g/mol. The lowest BCUT2D eigenvalue weighted by Crippen LogP contribution is -2.31. The van der Waals surface area contributed by atoms with Crippen LogP contribution in [0.4, 0.5) is 14.6 Å². The van der Waals surface area contributed by atoms with Crippen molar-refractivity contribution >= 4 is 67.1 Å². The van der Waals surface area contributed by atoms with Crippen LogP contribution in [0.15, 0.2) is 37.5 Å². The molecule has 17 nitrogen and oxygen atoms in total. The fraction of sp³-hybridized carbons (Fsp3) is 0.520. The molecule has 2 aliphatic rings. The number of anilines is 1. The van der Waals surface area contributed by atoms with Crippen LogP contribution in [-0.4, -0.2) is 106 Å². The summed E-state index contributed by atoms with van der Waals surface area (Å²) in [6.45, 7) is -0.504. The van der Waals surface area contributed by atoms with E-state index in [4.69, 9.17) is 18.5 Å². The van der Waals surface area contributed by atoms with Gasteiger partial charge in [0.25, 0.3) is 0 Å². The van der Waals surface area contributed by atoms with Gasteiger partial charge in [0.05, 0.1) is 25.3 Å². The van der Waals surface area contributed by atoms with Crippen LogP contribution in [0.3, 0.4) is 0 Å². The molecule has 0 amide bonds. The van der Waals surface area contributed by atoms with E-state index < -0.39 is 69.9 Å². The second kappa shape index (κ2) is 15.3. The minimum Gasteiger partial charge on any atom is -0.472 e. The SMILES string of the molecule is O=[P+](S)O[C@@H]1[C@@H](CO)C[C@@H](n2cnc3c(OC/C=C/CNc4ncnc5c4ncn5[C@@H]4O[C@H](CO)[C@@H](O[P+](=O)S)[C@H]4F)ncnc32)[C@@H]1F. The number of nitrogens with one attached hydrogen (secondary N) is 1. The molecule has 6 rings (SSSR count). The van der Waals surface area contributed by atoms with Crippen molar-refractivity contribution in [1.29, 1.82) is 0 Å². The molecule has 2 unspecified atom stereocenters. The van der Waals surface area contributed by atoms with Crippen LogP contribution >= 0.6 is 39.0 Å². The van der Waals surface area contributed by atoms with E-state index in [0.717, 1.165) is 0 Å². The Morgan fingerprint density at radius 3 is 2.33 bits per heavy atom. The van der Waals surface area contributed by atoms with Gasteiger partial charge in [-0.1, -0.05) is 6.08 Å². The van der Waals surface area contributed by atoms with Gasteiger partial charge in [0, 0.05) is 19.1 Å². The van der Waals surface area contributed by atoms with E-state index >= 15 is 8.78 Å². The predicted octanol–water partition coefficient (Wildman–Crippen LogP) is 3.08. The van der Waals surface area contributed by atoms with Gasteiger partial charge in [-0.2, -0.15) is 4.98 Å². The number of hydrogen-bond donors (Lipinski definition) is 5. The maximum absolute atomic E-state index is 15.3. The number of hydrogen-bond acceptors (Lipinski definition) is 15. The molecular formula is C25H29F2N9O8P2S2+2. The summed E-state index contributed by atoms with van der Waals surface area (Å²) in [5, 5.41) is 22.4. The summed E-state index contributed by atoms with van der Waals surface area (Å²) >= 11 is 7.39. The zero-order valence-electron chi connectivity index (χ0n) is 24.6. The van der Waals surface area contributed by atoms with Gasteiger partial charge in [-0.3, -0.25) is 4.57 Å². The van der Waals surface area contributed by atoms with Gasteiger partial charge in [0.1, 0.15) is 49.9 Å². The summed E-state index contributed by atoms with van der Waals surface area (Å²) < 4.78 is 78.0. The number of aromatic nitrogens is 8. The minimum absolute atomic E-state index is 0.102. The van der Waals surface area contributed by atoms with E-state index in [1.807, 2.05) is 0 Å². The first-order valence-electron chi connectivity index (χ1n) is 14.4. The molecule has 0 spiro atoms. The normalized spacial score (nSPS) is 28.1. The highest BCUT2D eigenvalue weighted by atomic mass is 32.7. The van der Waals surface area contributed by atoms with Crippen molar-refractivity contribution < 1.29 is 46.6 Å². The van der Waals surface area contributed by atoms with Crippen LogP contribution in [0.5, 0.6) is 5.88 Å². The number of aliphatic hydroxyl groups is 2. The summed E-state index contributed by atoms with van der Waals surface area (Å²) in [5.41, 5.74) is 1.23. The molecule has 3 N–H and O–H groups in total. The number of imidazole rings is 2. The number of nitrogens with zero attached hydrogens (tertiary/aromatic N) is 8. The average molecular weight is 748 g/mol. The minimum atomic E-state index is -2.43. The first-order chi connectivity index (χ1) is 23.2. The van der Waals surface area contributed by atoms with Gasteiger partial charge < -0.3 is 29.6 Å². The number of alkyl halides is 2. The number of fused-ring (bicyclic) bond motifs is 2. The highest BCUT2D eigenvalue weighted by Crippen LogP contribution is 2.45. The van der Waals surface area contributed by atoms with Crippen LogP contribution in [0.2, 0.25) is 0 Å². The zero-order chi connectivity index (χ0) is 33.9. The Morgan fingerprint density at radius 2 is 1.60 bits per heavy atom. The fourth-order valence-corrected chi connectivity index (χ4v) is 7.43. The molecule has 4 aromatic rings. The third-order valence-corrected chi connectivity index (χ3v) is 9.39. The maximum atomic E-state index is 15.3. The lowest BCUT2D eigenvalue weighted by molar-refractivity contribution is -0.0427. The number of rotatable bonds is 14. The number of halogens is 2. The number of ether oxygens (including phenoxy) is 2. The molecule has 5 heterocycles. The quantitative estimate of drug-likeness (QED) is 0.0713. The van der Waals surface area contributed by atoms with Gasteiger partial charge >= 0.3 is 14.5 Å². The summed E-state index contributed by atoms with van der Waals surface area (Å²) in [6.07, 6.45) is 0.913. The molecule has 256 valence electrons. The fourth-order valence-electron chi connectivity index (χ4n) is 5.82. The molecular weight excluding hydrogens is 718 g/mol. The van der Waals surface area contributed by atoms with E-state index in [9.17, 15) is 19.3 Å². The average Bonchev–Trinajstić information content (AvgIpc) is 3.83. The largest absolute Gasteiger partial charge is 0.582 e. The third kappa shape index (κ3) is 7.01. The lowest BCUT2D eigenvalue weighted by atomic mass is 10.1. The van der Waals surface area contributed by atoms with Crippen LogP contribution in [-0.2, 0) is 22.9 Å². The molecule has 23 heteroatoms. The first kappa shape index (κ1) is 34.8. The molecule has 4 aromatic heterocycles. The Kier molecular flexibility index (Phi) is 11.1. The molecule has 0 radical (unpaired) electrons. The topological polar surface area (TPSA) is 211 Å². The summed E-state index contributed by atoms with van der Waals surface area (Å²) in [6, 6.07) is -0.772. The van der Waals surface area contributed by atoms with Crippen LogP contribution in [0.1, 0.15) is 18.7 Å². The van der Waals surface area contributed by atoms with E-state index in [1.165, 1.54) is 34.4 Å². The number of aliphatic hydroxyl groups excluding tert-OH is 2. The Bertz CT molecular complexity index is 1700. The maximum Gasteiger partial charge on any atom is 0.582 e. The molecule has 2 fully saturated rings. The van der Waals surface area contributed by atoms with Gasteiger partial charge in [-0.15, -0.1) is 9.05 Å². The molecule has 1 aliphatic heterocycles. The third-order valence-electron chi connectivity index (χ3n) is 7.98. The molecule has 1 aliphatic carbocycles. The number of thiol groups is 2. The zero-order valence-corrected chi connectivity index (χ0v) is 28.2. The van der Waals surface area contributed by atoms with Gasteiger partial charge in [-0.05, 0) is 21.6 Å². The van der Waals surface area contributed by atoms with Crippen LogP contribution in [0.25, 0.3) is 22.3 Å². The van der Waals surface area contributed by atoms with Crippen molar-refractivity contribution in [1.82, 2.24) is 39.0 Å². The van der Waals surface area contributed by atoms with Crippen LogP contribution < -0.4 is 10.1 Å². The van der Waals surface area contributed by atoms with E-state index in [0.29, 0.717) is 29.0 Å². The molecule has 0 bridgehead atoms. The van der Waals surface area contributed by atoms with E-state index in [1.54, 1.807) is 12.2 Å². The Balaban J connectivity index is 1.07. The standard InChI is InChI=1S/C25H27F2N9O8P2S2/c26-15-13(5-12(6-37)19(15)43-45(39)47)35-10-34-18-23(35)31-9-32-24(18)41-4-2-1-3-28-21-17-22(30-8-29-21)36(11-33-17)25-16(27)20(44-46(40)48)14(7-38)42-25/h1-2,8-16,19-20,25,37-38H,3-7H2,(H-2,28,29,30,39,40,47,48)/p+2/b2-1+/t12-,13-,14-,15+,16-,19-,20-,25-/m1/s1. The highest BCUT2D eigenvalue weighted by Gasteiger charge is 2.51. The summed E-state index contributed by atoms with van der Waals surface area (Å²) in [7, 11) is -4.80. The van der Waals surface area contributed by atoms with Crippen molar-refractivity contribution in [3.63, 3.8) is 0 Å². The smallest absolute Gasteiger partial charge is 0.472 e. The van der Waals surface area contributed by atoms with Crippen molar-refractivity contribution in [3.05, 3.63) is 37.5 Å². The predicted molar refractivity (Wildman–Crippen MR) is 172 cm³/mol. The first-order valence-corrected chi connectivity index (χ1v) is 19.1. The Hall–Kier alpha value is -3.00. The molecule has 10 atom stereocenters. The Morgan fingerprint density at radius 1 is 0.917 bits per heavy atom. The van der Waals surface area contributed by atoms with Crippen molar-refractivity contribution in [2.45, 2.75) is 49.3 Å². The molecule has 1 saturated carbocycles. The van der Waals surface area contributed by atoms with E-state index in [2.05, 4.69) is 59.7 Å². The van der Waals surface area contributed by atoms with Crippen LogP contribution in [0, 0.1) is 5.92 Å². The second-order valence-corrected chi connectivity index (χ2v) is 14.0. The second-order valence-electron chi connectivity index (χ2n) is 10.7. The summed E-state index contributed by atoms with van der Waals surface area (Å²) in [4.78, 5) is 25.4. The van der Waals surface area contributed by atoms with Gasteiger partial charge in [0.2, 0.25) is 5.88 Å². The van der Waals surface area contributed by atoms with Gasteiger partial charge in [-0.25, -0.2) is 33.7 Å². The van der Waals surface area contributed by atoms with Crippen molar-refractivity contribution in [3.8, 4) is 5.88 Å². The van der Waals surface area contributed by atoms with Crippen molar-refractivity contribution in [2.75, 3.05) is 31.7 Å². The van der Waals surface area contributed by atoms with Crippen molar-refractivity contribution in [2.24, 2.45) is 5.92 Å². The Labute approximate surface area is 282 Å². The lowest BCUT2D eigenvalue weighted by Gasteiger charge is -2.16. The summed E-state index contributed by atoms with van der Waals surface area (Å²) in [5.74, 6) is -0.0424. The van der Waals surface area contributed by atoms with Gasteiger partial charge in [0.15, 0.2) is 58.9 Å².